The third-order valence-electron chi connectivity index (χ3n) is 11.0. The number of para-hydroxylation sites is 4. The zero-order valence-corrected chi connectivity index (χ0v) is 30.1. The van der Waals surface area contributed by atoms with Gasteiger partial charge in [-0.15, -0.1) is 0 Å². The average Bonchev–Trinajstić information content (AvgIpc) is 3.92. The Kier molecular flexibility index (Phi) is 7.06. The second-order valence-electron chi connectivity index (χ2n) is 14.1. The second-order valence-corrected chi connectivity index (χ2v) is 14.1. The standard InChI is InChI=1S/C50H33N5O/c51-49(32-15-3-1-4-16-32)55(33-17-5-2-6-18-33)50(52)41-24-14-27-44-46(41)40-23-8-11-26-43(40)53(44)34-19-13-20-35(31-34)54-42-25-10-7-21-36(42)38-29-30-39-37-22-9-12-28-45(37)56-48(39)47(38)54/h1-31,51-52H. The van der Waals surface area contributed by atoms with E-state index in [9.17, 15) is 10.8 Å². The molecule has 6 nitrogen and oxygen atoms in total. The van der Waals surface area contributed by atoms with Crippen molar-refractivity contribution in [3.63, 3.8) is 0 Å². The molecule has 56 heavy (non-hydrogen) atoms. The summed E-state index contributed by atoms with van der Waals surface area (Å²) in [6.07, 6.45) is 0. The number of rotatable bonds is 5. The van der Waals surface area contributed by atoms with Gasteiger partial charge in [0.25, 0.3) is 0 Å². The molecule has 0 aliphatic carbocycles. The molecule has 0 unspecified atom stereocenters. The van der Waals surface area contributed by atoms with Crippen LogP contribution in [0.1, 0.15) is 11.1 Å². The predicted octanol–water partition coefficient (Wildman–Crippen LogP) is 12.6. The summed E-state index contributed by atoms with van der Waals surface area (Å²) in [5, 5.41) is 25.7. The molecule has 0 spiro atoms. The molecule has 0 aliphatic rings. The summed E-state index contributed by atoms with van der Waals surface area (Å²) in [5.41, 5.74) is 10.1. The van der Waals surface area contributed by atoms with Crippen LogP contribution in [0.25, 0.3) is 76.9 Å². The van der Waals surface area contributed by atoms with E-state index in [4.69, 9.17) is 4.42 Å². The van der Waals surface area contributed by atoms with Gasteiger partial charge in [-0.3, -0.25) is 15.7 Å². The number of fused-ring (bicyclic) bond motifs is 10. The van der Waals surface area contributed by atoms with Crippen molar-refractivity contribution < 1.29 is 4.42 Å². The van der Waals surface area contributed by atoms with E-state index in [1.54, 1.807) is 4.90 Å². The summed E-state index contributed by atoms with van der Waals surface area (Å²) in [6, 6.07) is 63.9. The van der Waals surface area contributed by atoms with Crippen LogP contribution < -0.4 is 4.90 Å². The van der Waals surface area contributed by atoms with Crippen molar-refractivity contribution in [3.05, 3.63) is 199 Å². The van der Waals surface area contributed by atoms with Crippen molar-refractivity contribution >= 4 is 82.9 Å². The molecule has 2 N–H and O–H groups in total. The van der Waals surface area contributed by atoms with E-state index in [-0.39, 0.29) is 11.7 Å². The fourth-order valence-corrected chi connectivity index (χ4v) is 8.56. The van der Waals surface area contributed by atoms with Crippen molar-refractivity contribution in [2.24, 2.45) is 0 Å². The molecule has 6 heteroatoms. The number of amidine groups is 2. The molecule has 3 heterocycles. The van der Waals surface area contributed by atoms with Gasteiger partial charge in [-0.25, -0.2) is 0 Å². The van der Waals surface area contributed by atoms with E-state index in [0.29, 0.717) is 0 Å². The van der Waals surface area contributed by atoms with Gasteiger partial charge < -0.3 is 13.6 Å². The van der Waals surface area contributed by atoms with Gasteiger partial charge in [-0.2, -0.15) is 0 Å². The van der Waals surface area contributed by atoms with Crippen molar-refractivity contribution in [1.82, 2.24) is 9.13 Å². The number of hydrogen-bond acceptors (Lipinski definition) is 3. The van der Waals surface area contributed by atoms with Crippen molar-refractivity contribution in [2.75, 3.05) is 4.90 Å². The highest BCUT2D eigenvalue weighted by Crippen LogP contribution is 2.41. The number of anilines is 1. The van der Waals surface area contributed by atoms with Gasteiger partial charge in [-0.1, -0.05) is 127 Å². The summed E-state index contributed by atoms with van der Waals surface area (Å²) < 4.78 is 11.3. The summed E-state index contributed by atoms with van der Waals surface area (Å²) >= 11 is 0. The molecule has 0 aliphatic heterocycles. The summed E-state index contributed by atoms with van der Waals surface area (Å²) in [4.78, 5) is 1.73. The Labute approximate surface area is 321 Å². The monoisotopic (exact) mass is 719 g/mol. The highest BCUT2D eigenvalue weighted by Gasteiger charge is 2.25. The lowest BCUT2D eigenvalue weighted by Gasteiger charge is -2.26. The summed E-state index contributed by atoms with van der Waals surface area (Å²) in [7, 11) is 0. The number of aromatic nitrogens is 2. The molecule has 11 rings (SSSR count). The van der Waals surface area contributed by atoms with E-state index in [0.717, 1.165) is 88.4 Å². The van der Waals surface area contributed by atoms with Gasteiger partial charge in [0.15, 0.2) is 5.58 Å². The number of nitrogens with zero attached hydrogens (tertiary/aromatic N) is 3. The molecule has 0 radical (unpaired) electrons. The fourth-order valence-electron chi connectivity index (χ4n) is 8.56. The molecule has 8 aromatic carbocycles. The number of benzene rings is 8. The molecule has 0 fully saturated rings. The smallest absolute Gasteiger partial charge is 0.160 e. The quantitative estimate of drug-likeness (QED) is 0.137. The highest BCUT2D eigenvalue weighted by atomic mass is 16.3. The maximum Gasteiger partial charge on any atom is 0.160 e. The molecule has 3 aromatic heterocycles. The highest BCUT2D eigenvalue weighted by molar-refractivity contribution is 6.32. The van der Waals surface area contributed by atoms with E-state index < -0.39 is 0 Å². The molecule has 11 aromatic rings. The van der Waals surface area contributed by atoms with Crippen LogP contribution in [0.3, 0.4) is 0 Å². The maximum absolute atomic E-state index is 9.83. The van der Waals surface area contributed by atoms with Crippen LogP contribution >= 0.6 is 0 Å². The van der Waals surface area contributed by atoms with Gasteiger partial charge in [-0.05, 0) is 60.7 Å². The SMILES string of the molecule is N=C(c1ccccc1)N(C(=N)c1cccc2c1c1ccccc1n2-c1cccc(-n2c3ccccc3c3ccc4c5ccccc5oc4c32)c1)c1ccccc1. The van der Waals surface area contributed by atoms with Crippen LogP contribution in [-0.4, -0.2) is 20.8 Å². The average molecular weight is 720 g/mol. The summed E-state index contributed by atoms with van der Waals surface area (Å²) in [6.45, 7) is 0. The number of nitrogens with one attached hydrogen (secondary N) is 2. The molecular weight excluding hydrogens is 687 g/mol. The zero-order chi connectivity index (χ0) is 37.3. The minimum absolute atomic E-state index is 0.229. The molecule has 264 valence electrons. The first kappa shape index (κ1) is 31.8. The lowest BCUT2D eigenvalue weighted by Crippen LogP contribution is -2.37. The van der Waals surface area contributed by atoms with Gasteiger partial charge in [0, 0.05) is 60.5 Å². The third-order valence-corrected chi connectivity index (χ3v) is 11.0. The van der Waals surface area contributed by atoms with E-state index in [1.165, 1.54) is 5.39 Å². The topological polar surface area (TPSA) is 73.9 Å². The zero-order valence-electron chi connectivity index (χ0n) is 30.1. The number of furan rings is 1. The molecular formula is C50H33N5O. The Morgan fingerprint density at radius 2 is 1.04 bits per heavy atom. The van der Waals surface area contributed by atoms with Crippen LogP contribution in [0.5, 0.6) is 0 Å². The molecule has 0 amide bonds. The first-order valence-corrected chi connectivity index (χ1v) is 18.7. The lowest BCUT2D eigenvalue weighted by atomic mass is 10.0. The van der Waals surface area contributed by atoms with Crippen LogP contribution in [-0.2, 0) is 0 Å². The lowest BCUT2D eigenvalue weighted by molar-refractivity contribution is 0.671. The largest absolute Gasteiger partial charge is 0.454 e. The molecule has 0 saturated carbocycles. The van der Waals surface area contributed by atoms with Crippen LogP contribution in [0.4, 0.5) is 5.69 Å². The van der Waals surface area contributed by atoms with Crippen molar-refractivity contribution in [1.29, 1.82) is 10.8 Å². The Hall–Kier alpha value is -7.70. The minimum Gasteiger partial charge on any atom is -0.454 e. The Morgan fingerprint density at radius 1 is 0.446 bits per heavy atom. The first-order chi connectivity index (χ1) is 27.7. The first-order valence-electron chi connectivity index (χ1n) is 18.7. The predicted molar refractivity (Wildman–Crippen MR) is 231 cm³/mol. The fraction of sp³-hybridized carbons (Fsp3) is 0. The summed E-state index contributed by atoms with van der Waals surface area (Å²) in [5.74, 6) is 0.465. The third kappa shape index (κ3) is 4.69. The van der Waals surface area contributed by atoms with E-state index in [1.807, 2.05) is 84.9 Å². The molecule has 0 saturated heterocycles. The normalized spacial score (nSPS) is 11.7. The molecule has 0 atom stereocenters. The maximum atomic E-state index is 9.83. The van der Waals surface area contributed by atoms with E-state index in [2.05, 4.69) is 112 Å². The molecule has 0 bridgehead atoms. The van der Waals surface area contributed by atoms with E-state index >= 15 is 0 Å². The van der Waals surface area contributed by atoms with Crippen LogP contribution in [0.2, 0.25) is 0 Å². The minimum atomic E-state index is 0.229. The van der Waals surface area contributed by atoms with Crippen LogP contribution in [0, 0.1) is 10.8 Å². The van der Waals surface area contributed by atoms with Crippen molar-refractivity contribution in [3.8, 4) is 11.4 Å². The van der Waals surface area contributed by atoms with Gasteiger partial charge in [0.2, 0.25) is 0 Å². The Morgan fingerprint density at radius 3 is 1.82 bits per heavy atom. The van der Waals surface area contributed by atoms with Gasteiger partial charge >= 0.3 is 0 Å². The Balaban J connectivity index is 1.13. The van der Waals surface area contributed by atoms with Gasteiger partial charge in [0.1, 0.15) is 17.3 Å². The van der Waals surface area contributed by atoms with Gasteiger partial charge in [0.05, 0.1) is 22.1 Å². The van der Waals surface area contributed by atoms with Crippen LogP contribution in [0.15, 0.2) is 192 Å². The Bertz CT molecular complexity index is 3350. The van der Waals surface area contributed by atoms with Crippen molar-refractivity contribution in [2.45, 2.75) is 0 Å². The second kappa shape index (κ2) is 12.4. The number of hydrogen-bond donors (Lipinski definition) is 2.